The van der Waals surface area contributed by atoms with E-state index in [1.54, 1.807) is 18.8 Å². The van der Waals surface area contributed by atoms with Crippen molar-refractivity contribution in [1.29, 1.82) is 0 Å². The molecule has 0 bridgehead atoms. The molecular formula is C14H17F3N2O5. The molecule has 134 valence electrons. The standard InChI is InChI=1S/C14H17F3N2O5/c1-4-9-6(2)10(23-7(3)20)12(24-9)19-5-8(14(15,16)17)11(21)18-13(19)22/h5-6,9-10,12H,4H2,1-3H3,(H,18,21,22)/t6?,9-,10+,12-/m1/s1. The molecule has 1 N–H and O–H groups in total. The number of alkyl halides is 3. The van der Waals surface area contributed by atoms with E-state index in [9.17, 15) is 27.6 Å². The molecule has 24 heavy (non-hydrogen) atoms. The van der Waals surface area contributed by atoms with E-state index in [0.717, 1.165) is 6.92 Å². The highest BCUT2D eigenvalue weighted by Gasteiger charge is 2.45. The minimum absolute atomic E-state index is 0.336. The van der Waals surface area contributed by atoms with Crippen molar-refractivity contribution in [3.63, 3.8) is 0 Å². The Morgan fingerprint density at radius 3 is 2.54 bits per heavy atom. The Morgan fingerprint density at radius 2 is 2.04 bits per heavy atom. The topological polar surface area (TPSA) is 90.4 Å². The number of halogens is 3. The molecule has 0 aromatic carbocycles. The van der Waals surface area contributed by atoms with Gasteiger partial charge in [-0.2, -0.15) is 13.2 Å². The Bertz CT molecular complexity index is 739. The molecule has 4 atom stereocenters. The number of hydrogen-bond donors (Lipinski definition) is 1. The number of H-pyrrole nitrogens is 1. The van der Waals surface area contributed by atoms with Gasteiger partial charge in [0.25, 0.3) is 5.56 Å². The second kappa shape index (κ2) is 6.42. The summed E-state index contributed by atoms with van der Waals surface area (Å²) in [5.41, 5.74) is -4.13. The van der Waals surface area contributed by atoms with E-state index < -0.39 is 47.4 Å². The van der Waals surface area contributed by atoms with Crippen LogP contribution in [-0.2, 0) is 20.4 Å². The molecule has 2 heterocycles. The van der Waals surface area contributed by atoms with E-state index >= 15 is 0 Å². The van der Waals surface area contributed by atoms with Crippen molar-refractivity contribution in [2.75, 3.05) is 0 Å². The number of esters is 1. The fourth-order valence-electron chi connectivity index (χ4n) is 2.78. The Labute approximate surface area is 134 Å². The van der Waals surface area contributed by atoms with Crippen molar-refractivity contribution in [2.45, 2.75) is 51.8 Å². The largest absolute Gasteiger partial charge is 0.457 e. The summed E-state index contributed by atoms with van der Waals surface area (Å²) in [6.07, 6.45) is -6.63. The number of hydrogen-bond acceptors (Lipinski definition) is 5. The first-order chi connectivity index (χ1) is 11.1. The van der Waals surface area contributed by atoms with Crippen LogP contribution in [0.4, 0.5) is 13.2 Å². The first-order valence-corrected chi connectivity index (χ1v) is 7.31. The third kappa shape index (κ3) is 3.37. The van der Waals surface area contributed by atoms with Gasteiger partial charge in [0.1, 0.15) is 5.56 Å². The zero-order chi connectivity index (χ0) is 18.2. The van der Waals surface area contributed by atoms with Gasteiger partial charge in [-0.1, -0.05) is 13.8 Å². The lowest BCUT2D eigenvalue weighted by molar-refractivity contribution is -0.154. The molecule has 10 heteroatoms. The van der Waals surface area contributed by atoms with Gasteiger partial charge in [-0.15, -0.1) is 0 Å². The molecule has 1 saturated heterocycles. The average Bonchev–Trinajstić information content (AvgIpc) is 2.74. The van der Waals surface area contributed by atoms with Crippen LogP contribution in [0.1, 0.15) is 39.0 Å². The van der Waals surface area contributed by atoms with Crippen LogP contribution < -0.4 is 11.2 Å². The predicted octanol–water partition coefficient (Wildman–Crippen LogP) is 1.43. The molecule has 0 aliphatic carbocycles. The molecular weight excluding hydrogens is 333 g/mol. The molecule has 1 unspecified atom stereocenters. The number of aromatic amines is 1. The Hall–Kier alpha value is -2.10. The fourth-order valence-corrected chi connectivity index (χ4v) is 2.78. The van der Waals surface area contributed by atoms with Crippen LogP contribution in [0.2, 0.25) is 0 Å². The van der Waals surface area contributed by atoms with Crippen LogP contribution in [0.3, 0.4) is 0 Å². The van der Waals surface area contributed by atoms with Crippen LogP contribution in [0.25, 0.3) is 0 Å². The minimum Gasteiger partial charge on any atom is -0.457 e. The van der Waals surface area contributed by atoms with Gasteiger partial charge in [0.15, 0.2) is 12.3 Å². The second-order valence-electron chi connectivity index (χ2n) is 5.61. The van der Waals surface area contributed by atoms with E-state index in [-0.39, 0.29) is 5.92 Å². The highest BCUT2D eigenvalue weighted by atomic mass is 19.4. The monoisotopic (exact) mass is 350 g/mol. The summed E-state index contributed by atoms with van der Waals surface area (Å²) in [5, 5.41) is 0. The predicted molar refractivity (Wildman–Crippen MR) is 75.2 cm³/mol. The van der Waals surface area contributed by atoms with Crippen LogP contribution in [0.5, 0.6) is 0 Å². The molecule has 0 spiro atoms. The van der Waals surface area contributed by atoms with E-state index in [2.05, 4.69) is 0 Å². The Morgan fingerprint density at radius 1 is 1.42 bits per heavy atom. The lowest BCUT2D eigenvalue weighted by atomic mass is 9.98. The van der Waals surface area contributed by atoms with Crippen LogP contribution >= 0.6 is 0 Å². The fraction of sp³-hybridized carbons (Fsp3) is 0.643. The number of ether oxygens (including phenoxy) is 2. The van der Waals surface area contributed by atoms with Crippen molar-refractivity contribution in [3.8, 4) is 0 Å². The Balaban J connectivity index is 2.54. The van der Waals surface area contributed by atoms with Gasteiger partial charge in [-0.25, -0.2) is 4.79 Å². The zero-order valence-corrected chi connectivity index (χ0v) is 13.2. The van der Waals surface area contributed by atoms with Gasteiger partial charge in [0.05, 0.1) is 6.10 Å². The van der Waals surface area contributed by atoms with Gasteiger partial charge in [-0.3, -0.25) is 19.1 Å². The van der Waals surface area contributed by atoms with Gasteiger partial charge >= 0.3 is 17.8 Å². The molecule has 0 saturated carbocycles. The van der Waals surface area contributed by atoms with Crippen molar-refractivity contribution in [2.24, 2.45) is 5.92 Å². The van der Waals surface area contributed by atoms with Gasteiger partial charge in [0.2, 0.25) is 0 Å². The maximum atomic E-state index is 12.9. The molecule has 0 radical (unpaired) electrons. The van der Waals surface area contributed by atoms with Gasteiger partial charge < -0.3 is 9.47 Å². The summed E-state index contributed by atoms with van der Waals surface area (Å²) >= 11 is 0. The number of carbonyl (C=O) groups excluding carboxylic acids is 1. The van der Waals surface area contributed by atoms with Crippen LogP contribution in [-0.4, -0.2) is 27.7 Å². The van der Waals surface area contributed by atoms with E-state index in [1.165, 1.54) is 0 Å². The third-order valence-electron chi connectivity index (χ3n) is 3.95. The highest BCUT2D eigenvalue weighted by molar-refractivity contribution is 5.66. The number of aromatic nitrogens is 2. The summed E-state index contributed by atoms with van der Waals surface area (Å²) in [6.45, 7) is 4.66. The van der Waals surface area contributed by atoms with Crippen LogP contribution in [0.15, 0.2) is 15.8 Å². The molecule has 1 aromatic heterocycles. The molecule has 1 aliphatic rings. The molecule has 2 rings (SSSR count). The zero-order valence-electron chi connectivity index (χ0n) is 13.2. The van der Waals surface area contributed by atoms with Crippen molar-refractivity contribution < 1.29 is 27.4 Å². The lowest BCUT2D eigenvalue weighted by Gasteiger charge is -2.22. The van der Waals surface area contributed by atoms with E-state index in [1.807, 2.05) is 0 Å². The lowest BCUT2D eigenvalue weighted by Crippen LogP contribution is -2.40. The maximum absolute atomic E-state index is 12.9. The number of rotatable bonds is 3. The van der Waals surface area contributed by atoms with E-state index in [0.29, 0.717) is 17.2 Å². The normalized spacial score (nSPS) is 27.2. The summed E-state index contributed by atoms with van der Waals surface area (Å²) in [5.74, 6) is -0.984. The average molecular weight is 350 g/mol. The van der Waals surface area contributed by atoms with Crippen LogP contribution in [0, 0.1) is 5.92 Å². The number of nitrogens with one attached hydrogen (secondary N) is 1. The first-order valence-electron chi connectivity index (χ1n) is 7.31. The molecule has 1 fully saturated rings. The summed E-state index contributed by atoms with van der Waals surface area (Å²) in [7, 11) is 0. The number of nitrogens with zero attached hydrogens (tertiary/aromatic N) is 1. The van der Waals surface area contributed by atoms with Crippen molar-refractivity contribution in [1.82, 2.24) is 9.55 Å². The van der Waals surface area contributed by atoms with E-state index in [4.69, 9.17) is 9.47 Å². The molecule has 1 aliphatic heterocycles. The molecule has 0 amide bonds. The summed E-state index contributed by atoms with van der Waals surface area (Å²) in [6, 6.07) is 0. The first kappa shape index (κ1) is 18.2. The van der Waals surface area contributed by atoms with Crippen molar-refractivity contribution >= 4 is 5.97 Å². The number of carbonyl (C=O) groups is 1. The molecule has 1 aromatic rings. The summed E-state index contributed by atoms with van der Waals surface area (Å²) < 4.78 is 50.1. The quantitative estimate of drug-likeness (QED) is 0.833. The second-order valence-corrected chi connectivity index (χ2v) is 5.61. The highest BCUT2D eigenvalue weighted by Crippen LogP contribution is 2.37. The smallest absolute Gasteiger partial charge is 0.423 e. The van der Waals surface area contributed by atoms with Crippen molar-refractivity contribution in [3.05, 3.63) is 32.6 Å². The Kier molecular flexibility index (Phi) is 4.88. The third-order valence-corrected chi connectivity index (χ3v) is 3.95. The SMILES string of the molecule is CC[C@H]1O[C@@H](n2cc(C(F)(F)F)c(=O)[nH]c2=O)[C@@H](OC(C)=O)C1C. The summed E-state index contributed by atoms with van der Waals surface area (Å²) in [4.78, 5) is 36.2. The minimum atomic E-state index is -4.94. The van der Waals surface area contributed by atoms with Gasteiger partial charge in [0, 0.05) is 19.0 Å². The van der Waals surface area contributed by atoms with Gasteiger partial charge in [-0.05, 0) is 6.42 Å². The molecule has 7 nitrogen and oxygen atoms in total. The maximum Gasteiger partial charge on any atom is 0.423 e.